The van der Waals surface area contributed by atoms with Crippen LogP contribution in [0.15, 0.2) is 18.2 Å². The van der Waals surface area contributed by atoms with Gasteiger partial charge in [0, 0.05) is 23.5 Å². The van der Waals surface area contributed by atoms with E-state index < -0.39 is 0 Å². The minimum absolute atomic E-state index is 0.289. The van der Waals surface area contributed by atoms with E-state index >= 15 is 0 Å². The summed E-state index contributed by atoms with van der Waals surface area (Å²) in [6, 6.07) is 6.65. The molecule has 1 heterocycles. The number of carbonyl (C=O) groups is 1. The number of anilines is 1. The molecular weight excluding hydrogens is 326 g/mol. The number of halogens is 1. The van der Waals surface area contributed by atoms with Crippen molar-refractivity contribution in [2.24, 2.45) is 0 Å². The monoisotopic (exact) mass is 351 g/mol. The van der Waals surface area contributed by atoms with E-state index in [1.165, 1.54) is 11.1 Å². The molecule has 0 saturated heterocycles. The summed E-state index contributed by atoms with van der Waals surface area (Å²) >= 11 is 3.71. The van der Waals surface area contributed by atoms with E-state index in [0.29, 0.717) is 11.2 Å². The Labute approximate surface area is 137 Å². The van der Waals surface area contributed by atoms with Crippen LogP contribution in [0.4, 0.5) is 5.69 Å². The van der Waals surface area contributed by atoms with Crippen LogP contribution < -0.4 is 4.90 Å². The van der Waals surface area contributed by atoms with Crippen molar-refractivity contribution in [3.63, 3.8) is 0 Å². The van der Waals surface area contributed by atoms with E-state index in [9.17, 15) is 4.79 Å². The van der Waals surface area contributed by atoms with E-state index in [4.69, 9.17) is 0 Å². The zero-order chi connectivity index (χ0) is 15.2. The number of hydrogen-bond acceptors (Lipinski definition) is 1. The maximum atomic E-state index is 12.3. The summed E-state index contributed by atoms with van der Waals surface area (Å²) in [7, 11) is 0. The fourth-order valence-electron chi connectivity index (χ4n) is 2.90. The van der Waals surface area contributed by atoms with Gasteiger partial charge in [-0.25, -0.2) is 0 Å². The van der Waals surface area contributed by atoms with Crippen LogP contribution in [0.5, 0.6) is 0 Å². The molecule has 116 valence electrons. The summed E-state index contributed by atoms with van der Waals surface area (Å²) in [4.78, 5) is 14.9. The number of nitrogens with zero attached hydrogens (tertiary/aromatic N) is 1. The summed E-state index contributed by atoms with van der Waals surface area (Å²) in [5.41, 5.74) is 3.87. The Bertz CT molecular complexity index is 486. The molecule has 0 radical (unpaired) electrons. The van der Waals surface area contributed by atoms with Crippen LogP contribution >= 0.6 is 15.9 Å². The van der Waals surface area contributed by atoms with Crippen molar-refractivity contribution < 1.29 is 4.79 Å². The predicted octanol–water partition coefficient (Wildman–Crippen LogP) is 4.87. The van der Waals surface area contributed by atoms with Gasteiger partial charge < -0.3 is 4.90 Å². The predicted molar refractivity (Wildman–Crippen MR) is 93.4 cm³/mol. The summed E-state index contributed by atoms with van der Waals surface area (Å²) in [5, 5.41) is 0. The zero-order valence-corrected chi connectivity index (χ0v) is 14.8. The van der Waals surface area contributed by atoms with Crippen LogP contribution in [0, 0.1) is 0 Å². The molecule has 1 aliphatic rings. The van der Waals surface area contributed by atoms with Gasteiger partial charge in [0.05, 0.1) is 0 Å². The fourth-order valence-corrected chi connectivity index (χ4v) is 3.27. The Morgan fingerprint density at radius 3 is 2.90 bits per heavy atom. The van der Waals surface area contributed by atoms with Gasteiger partial charge in [0.2, 0.25) is 5.91 Å². The smallest absolute Gasteiger partial charge is 0.226 e. The minimum Gasteiger partial charge on any atom is -0.312 e. The molecular formula is C18H26BrNO. The zero-order valence-electron chi connectivity index (χ0n) is 13.2. The Morgan fingerprint density at radius 2 is 2.19 bits per heavy atom. The first kappa shape index (κ1) is 16.5. The van der Waals surface area contributed by atoms with Crippen molar-refractivity contribution in [2.45, 2.75) is 63.6 Å². The lowest BCUT2D eigenvalue weighted by Crippen LogP contribution is -2.35. The van der Waals surface area contributed by atoms with Gasteiger partial charge >= 0.3 is 0 Å². The van der Waals surface area contributed by atoms with Crippen LogP contribution in [0.2, 0.25) is 0 Å². The van der Waals surface area contributed by atoms with Crippen molar-refractivity contribution in [3.8, 4) is 0 Å². The normalized spacial score (nSPS) is 15.7. The summed E-state index contributed by atoms with van der Waals surface area (Å²) < 4.78 is 0. The number of alkyl halides is 1. The van der Waals surface area contributed by atoms with Gasteiger partial charge in [-0.15, -0.1) is 0 Å². The minimum atomic E-state index is 0.289. The fraction of sp³-hybridized carbons (Fsp3) is 0.611. The Balaban J connectivity index is 2.14. The number of amides is 1. The highest BCUT2D eigenvalue weighted by Crippen LogP contribution is 2.29. The number of benzene rings is 1. The van der Waals surface area contributed by atoms with E-state index in [1.807, 2.05) is 4.90 Å². The van der Waals surface area contributed by atoms with Gasteiger partial charge in [-0.3, -0.25) is 4.79 Å². The standard InChI is InChI=1S/C18H26BrNO/c1-3-5-8-18(21)20-11-6-7-15-12-14(9-10-17(15)20)13-16(19)4-2/h9-10,12,16H,3-8,11,13H2,1-2H3. The highest BCUT2D eigenvalue weighted by atomic mass is 79.9. The molecule has 0 saturated carbocycles. The third-order valence-corrected chi connectivity index (χ3v) is 5.18. The van der Waals surface area contributed by atoms with E-state index in [1.54, 1.807) is 0 Å². The maximum Gasteiger partial charge on any atom is 0.226 e. The second-order valence-electron chi connectivity index (χ2n) is 5.93. The third kappa shape index (κ3) is 4.32. The molecule has 1 atom stereocenters. The van der Waals surface area contributed by atoms with Crippen molar-refractivity contribution in [1.29, 1.82) is 0 Å². The molecule has 1 unspecified atom stereocenters. The number of fused-ring (bicyclic) bond motifs is 1. The maximum absolute atomic E-state index is 12.3. The molecule has 3 heteroatoms. The highest BCUT2D eigenvalue weighted by molar-refractivity contribution is 9.09. The van der Waals surface area contributed by atoms with Gasteiger partial charge in [0.15, 0.2) is 0 Å². The van der Waals surface area contributed by atoms with Gasteiger partial charge in [0.1, 0.15) is 0 Å². The van der Waals surface area contributed by atoms with Gasteiger partial charge in [-0.1, -0.05) is 48.3 Å². The van der Waals surface area contributed by atoms with Gasteiger partial charge in [-0.2, -0.15) is 0 Å². The molecule has 1 aromatic rings. The molecule has 0 bridgehead atoms. The Hall–Kier alpha value is -0.830. The molecule has 1 amide bonds. The number of carbonyl (C=O) groups excluding carboxylic acids is 1. The Morgan fingerprint density at radius 1 is 1.38 bits per heavy atom. The lowest BCUT2D eigenvalue weighted by atomic mass is 9.97. The second kappa shape index (κ2) is 7.98. The average molecular weight is 352 g/mol. The van der Waals surface area contributed by atoms with E-state index in [2.05, 4.69) is 48.0 Å². The van der Waals surface area contributed by atoms with Crippen molar-refractivity contribution in [2.75, 3.05) is 11.4 Å². The number of unbranched alkanes of at least 4 members (excludes halogenated alkanes) is 1. The number of aryl methyl sites for hydroxylation is 1. The van der Waals surface area contributed by atoms with Gasteiger partial charge in [0.25, 0.3) is 0 Å². The molecule has 21 heavy (non-hydrogen) atoms. The molecule has 0 aliphatic carbocycles. The average Bonchev–Trinajstić information content (AvgIpc) is 2.51. The summed E-state index contributed by atoms with van der Waals surface area (Å²) in [5.74, 6) is 0.289. The largest absolute Gasteiger partial charge is 0.312 e. The van der Waals surface area contributed by atoms with Crippen molar-refractivity contribution in [3.05, 3.63) is 29.3 Å². The number of hydrogen-bond donors (Lipinski definition) is 0. The first-order valence-electron chi connectivity index (χ1n) is 8.22. The quantitative estimate of drug-likeness (QED) is 0.669. The molecule has 0 fully saturated rings. The summed E-state index contributed by atoms with van der Waals surface area (Å²) in [6.07, 6.45) is 7.13. The SMILES string of the molecule is CCCCC(=O)N1CCCc2cc(CC(Br)CC)ccc21. The molecule has 2 rings (SSSR count). The molecule has 0 spiro atoms. The topological polar surface area (TPSA) is 20.3 Å². The van der Waals surface area contributed by atoms with Gasteiger partial charge in [-0.05, 0) is 49.3 Å². The lowest BCUT2D eigenvalue weighted by Gasteiger charge is -2.30. The third-order valence-electron chi connectivity index (χ3n) is 4.21. The molecule has 2 nitrogen and oxygen atoms in total. The van der Waals surface area contributed by atoms with Crippen molar-refractivity contribution >= 4 is 27.5 Å². The molecule has 0 aromatic heterocycles. The van der Waals surface area contributed by atoms with Crippen LogP contribution in [0.3, 0.4) is 0 Å². The van der Waals surface area contributed by atoms with Crippen LogP contribution in [-0.4, -0.2) is 17.3 Å². The highest BCUT2D eigenvalue weighted by Gasteiger charge is 2.22. The Kier molecular flexibility index (Phi) is 6.28. The summed E-state index contributed by atoms with van der Waals surface area (Å²) in [6.45, 7) is 5.21. The first-order valence-corrected chi connectivity index (χ1v) is 9.13. The molecule has 1 aliphatic heterocycles. The van der Waals surface area contributed by atoms with Crippen LogP contribution in [0.1, 0.15) is 57.1 Å². The van der Waals surface area contributed by atoms with E-state index in [0.717, 1.165) is 50.8 Å². The lowest BCUT2D eigenvalue weighted by molar-refractivity contribution is -0.118. The number of rotatable bonds is 6. The molecule has 1 aromatic carbocycles. The first-order chi connectivity index (χ1) is 10.2. The second-order valence-corrected chi connectivity index (χ2v) is 7.22. The molecule has 0 N–H and O–H groups in total. The van der Waals surface area contributed by atoms with Crippen molar-refractivity contribution in [1.82, 2.24) is 0 Å². The van der Waals surface area contributed by atoms with Crippen LogP contribution in [0.25, 0.3) is 0 Å². The van der Waals surface area contributed by atoms with Crippen LogP contribution in [-0.2, 0) is 17.6 Å². The van der Waals surface area contributed by atoms with E-state index in [-0.39, 0.29) is 5.91 Å².